The normalized spacial score (nSPS) is 13.8. The first-order valence-corrected chi connectivity index (χ1v) is 30.0. The summed E-state index contributed by atoms with van der Waals surface area (Å²) in [5.41, 5.74) is 0. The Morgan fingerprint density at radius 3 is 1.09 bits per heavy atom. The van der Waals surface area contributed by atoms with Gasteiger partial charge in [0.15, 0.2) is 6.10 Å². The molecule has 77 heavy (non-hydrogen) atoms. The molecule has 2 unspecified atom stereocenters. The number of unbranched alkanes of at least 4 members (excludes halogenated alkanes) is 14. The van der Waals surface area contributed by atoms with Crippen LogP contribution in [-0.4, -0.2) is 87.4 Å². The molecule has 0 bridgehead atoms. The molecule has 2 atom stereocenters. The van der Waals surface area contributed by atoms with Crippen LogP contribution >= 0.6 is 0 Å². The standard InChI is InChI=1S/C68H109NO8/c1-6-8-10-12-14-16-18-20-21-22-23-24-25-26-27-28-29-30-31-32-33-34-35-36-37-38-39-40-41-42-43-44-45-47-49-51-53-55-57-59-66(71)77-64(63-76-68(67(72)73)74-61-60-69(3,4)5)62-75-65(70)58-56-54-52-50-48-46-19-17-15-13-11-9-7-2/h8-11,14-17,20-21,23-24,26-27,29-30,32-33,35-36,46,48,52,54,64,68H,6-7,12-13,18-19,22,25,28,31,34,37-45,47,49-51,53,55-63H2,1-5H3/p+1/b10-8-,11-9-,16-14-,17-15-,21-20-,24-23-,27-26-,30-29-,33-32-,36-35-,48-46-,54-52-. The van der Waals surface area contributed by atoms with E-state index in [1.807, 2.05) is 33.3 Å². The van der Waals surface area contributed by atoms with Gasteiger partial charge in [0.05, 0.1) is 34.4 Å². The van der Waals surface area contributed by atoms with E-state index in [0.29, 0.717) is 23.9 Å². The molecule has 0 aliphatic rings. The summed E-state index contributed by atoms with van der Waals surface area (Å²) >= 11 is 0. The number of carbonyl (C=O) groups is 3. The molecular formula is C68H110NO8+. The molecule has 0 radical (unpaired) electrons. The third-order valence-corrected chi connectivity index (χ3v) is 12.1. The van der Waals surface area contributed by atoms with Crippen molar-refractivity contribution in [1.29, 1.82) is 0 Å². The zero-order valence-corrected chi connectivity index (χ0v) is 49.3. The monoisotopic (exact) mass is 1070 g/mol. The number of ether oxygens (including phenoxy) is 4. The molecule has 9 nitrogen and oxygen atoms in total. The van der Waals surface area contributed by atoms with Crippen LogP contribution in [0.1, 0.15) is 206 Å². The average molecular weight is 1070 g/mol. The number of allylic oxidation sites excluding steroid dienone is 24. The van der Waals surface area contributed by atoms with E-state index < -0.39 is 30.3 Å². The predicted octanol–water partition coefficient (Wildman–Crippen LogP) is 18.0. The third-order valence-electron chi connectivity index (χ3n) is 12.1. The first-order valence-electron chi connectivity index (χ1n) is 30.0. The molecule has 9 heteroatoms. The number of aliphatic carboxylic acids is 1. The van der Waals surface area contributed by atoms with Gasteiger partial charge in [-0.05, 0) is 103 Å². The molecule has 0 amide bonds. The van der Waals surface area contributed by atoms with Gasteiger partial charge in [0.1, 0.15) is 13.2 Å². The maximum absolute atomic E-state index is 12.9. The molecule has 0 fully saturated rings. The van der Waals surface area contributed by atoms with Gasteiger partial charge in [0, 0.05) is 12.8 Å². The lowest BCUT2D eigenvalue weighted by atomic mass is 10.0. The minimum absolute atomic E-state index is 0.171. The number of hydrogen-bond donors (Lipinski definition) is 1. The number of quaternary nitrogens is 1. The van der Waals surface area contributed by atoms with Crippen molar-refractivity contribution in [3.8, 4) is 0 Å². The number of esters is 2. The van der Waals surface area contributed by atoms with Crippen LogP contribution in [0.25, 0.3) is 0 Å². The Hall–Kier alpha value is -4.83. The van der Waals surface area contributed by atoms with Gasteiger partial charge in [0.2, 0.25) is 0 Å². The molecule has 0 saturated heterocycles. The van der Waals surface area contributed by atoms with E-state index in [-0.39, 0.29) is 32.7 Å². The Labute approximate surface area is 471 Å². The topological polar surface area (TPSA) is 108 Å². The molecule has 0 heterocycles. The average Bonchev–Trinajstić information content (AvgIpc) is 3.40. The number of likely N-dealkylation sites (N-methyl/N-ethyl adjacent to an activating group) is 1. The smallest absolute Gasteiger partial charge is 0.361 e. The molecular weight excluding hydrogens is 959 g/mol. The lowest BCUT2D eigenvalue weighted by molar-refractivity contribution is -0.870. The maximum atomic E-state index is 12.9. The molecule has 0 saturated carbocycles. The summed E-state index contributed by atoms with van der Waals surface area (Å²) < 4.78 is 22.7. The highest BCUT2D eigenvalue weighted by Crippen LogP contribution is 2.15. The summed E-state index contributed by atoms with van der Waals surface area (Å²) in [5, 5.41) is 9.68. The highest BCUT2D eigenvalue weighted by molar-refractivity contribution is 5.71. The van der Waals surface area contributed by atoms with Gasteiger partial charge in [-0.25, -0.2) is 4.79 Å². The van der Waals surface area contributed by atoms with Crippen LogP contribution in [0.3, 0.4) is 0 Å². The summed E-state index contributed by atoms with van der Waals surface area (Å²) in [6.45, 7) is 4.53. The fourth-order valence-electron chi connectivity index (χ4n) is 7.57. The summed E-state index contributed by atoms with van der Waals surface area (Å²) in [6.07, 6.45) is 81.1. The van der Waals surface area contributed by atoms with Gasteiger partial charge in [-0.15, -0.1) is 0 Å². The van der Waals surface area contributed by atoms with Crippen molar-refractivity contribution in [2.75, 3.05) is 47.5 Å². The number of nitrogens with zero attached hydrogens (tertiary/aromatic N) is 1. The highest BCUT2D eigenvalue weighted by Gasteiger charge is 2.25. The van der Waals surface area contributed by atoms with E-state index in [1.54, 1.807) is 0 Å². The summed E-state index contributed by atoms with van der Waals surface area (Å²) in [7, 11) is 5.94. The molecule has 0 aromatic rings. The Morgan fingerprint density at radius 1 is 0.390 bits per heavy atom. The molecule has 0 aliphatic heterocycles. The molecule has 0 aromatic heterocycles. The fourth-order valence-corrected chi connectivity index (χ4v) is 7.57. The molecule has 0 rings (SSSR count). The van der Waals surface area contributed by atoms with E-state index in [0.717, 1.165) is 96.3 Å². The largest absolute Gasteiger partial charge is 0.477 e. The van der Waals surface area contributed by atoms with Crippen LogP contribution in [0.5, 0.6) is 0 Å². The zero-order valence-electron chi connectivity index (χ0n) is 49.3. The van der Waals surface area contributed by atoms with Crippen molar-refractivity contribution in [2.24, 2.45) is 0 Å². The number of carboxylic acids is 1. The summed E-state index contributed by atoms with van der Waals surface area (Å²) in [6, 6.07) is 0. The lowest BCUT2D eigenvalue weighted by Crippen LogP contribution is -2.40. The fraction of sp³-hybridized carbons (Fsp3) is 0.603. The first-order chi connectivity index (χ1) is 37.6. The van der Waals surface area contributed by atoms with E-state index in [9.17, 15) is 19.5 Å². The van der Waals surface area contributed by atoms with Gasteiger partial charge >= 0.3 is 17.9 Å². The zero-order chi connectivity index (χ0) is 56.2. The molecule has 434 valence electrons. The Kier molecular flexibility index (Phi) is 53.8. The van der Waals surface area contributed by atoms with Crippen molar-refractivity contribution >= 4 is 17.9 Å². The Bertz CT molecular complexity index is 1770. The first kappa shape index (κ1) is 72.2. The molecule has 0 aromatic carbocycles. The number of hydrogen-bond acceptors (Lipinski definition) is 7. The molecule has 0 aliphatic carbocycles. The van der Waals surface area contributed by atoms with E-state index in [2.05, 4.69) is 148 Å². The van der Waals surface area contributed by atoms with Crippen LogP contribution in [-0.2, 0) is 33.3 Å². The summed E-state index contributed by atoms with van der Waals surface area (Å²) in [4.78, 5) is 37.3. The maximum Gasteiger partial charge on any atom is 0.361 e. The highest BCUT2D eigenvalue weighted by atomic mass is 16.7. The van der Waals surface area contributed by atoms with Crippen molar-refractivity contribution in [1.82, 2.24) is 0 Å². The second kappa shape index (κ2) is 57.3. The van der Waals surface area contributed by atoms with E-state index in [1.165, 1.54) is 70.6 Å². The summed E-state index contributed by atoms with van der Waals surface area (Å²) in [5.74, 6) is -2.13. The van der Waals surface area contributed by atoms with Gasteiger partial charge < -0.3 is 28.5 Å². The van der Waals surface area contributed by atoms with Crippen molar-refractivity contribution in [2.45, 2.75) is 219 Å². The van der Waals surface area contributed by atoms with Crippen molar-refractivity contribution in [3.05, 3.63) is 146 Å². The van der Waals surface area contributed by atoms with Gasteiger partial charge in [0.25, 0.3) is 6.29 Å². The molecule has 1 N–H and O–H groups in total. The van der Waals surface area contributed by atoms with Crippen molar-refractivity contribution < 1.29 is 42.9 Å². The second-order valence-electron chi connectivity index (χ2n) is 20.5. The quantitative estimate of drug-likeness (QED) is 0.0211. The minimum Gasteiger partial charge on any atom is -0.477 e. The lowest BCUT2D eigenvalue weighted by Gasteiger charge is -2.25. The molecule has 0 spiro atoms. The van der Waals surface area contributed by atoms with Crippen LogP contribution in [0.15, 0.2) is 146 Å². The van der Waals surface area contributed by atoms with Gasteiger partial charge in [-0.2, -0.15) is 0 Å². The SMILES string of the molecule is CC/C=C\C/C=C\C/C=C\C/C=C\C/C=C\C/C=C\C/C=C\C/C=C\CCCCCCCCCCCCCCCCC(=O)OC(COC(=O)CC/C=C\C/C=C\C/C=C\C/C=C\CC)COC(OCC[N+](C)(C)C)C(=O)O. The van der Waals surface area contributed by atoms with Gasteiger partial charge in [-0.3, -0.25) is 9.59 Å². The predicted molar refractivity (Wildman–Crippen MR) is 327 cm³/mol. The van der Waals surface area contributed by atoms with Crippen LogP contribution in [0, 0.1) is 0 Å². The van der Waals surface area contributed by atoms with Crippen LogP contribution < -0.4 is 0 Å². The third kappa shape index (κ3) is 58.7. The van der Waals surface area contributed by atoms with Crippen LogP contribution in [0.4, 0.5) is 0 Å². The number of rotatable bonds is 53. The second-order valence-corrected chi connectivity index (χ2v) is 20.5. The number of carboxylic acid groups (broad SMARTS) is 1. The van der Waals surface area contributed by atoms with E-state index >= 15 is 0 Å². The number of carbonyl (C=O) groups excluding carboxylic acids is 2. The van der Waals surface area contributed by atoms with Gasteiger partial charge in [-0.1, -0.05) is 237 Å². The van der Waals surface area contributed by atoms with Crippen molar-refractivity contribution in [3.63, 3.8) is 0 Å². The Balaban J connectivity index is 4.12. The van der Waals surface area contributed by atoms with Crippen LogP contribution in [0.2, 0.25) is 0 Å². The minimum atomic E-state index is -1.53. The van der Waals surface area contributed by atoms with E-state index in [4.69, 9.17) is 18.9 Å². The Morgan fingerprint density at radius 2 is 0.727 bits per heavy atom.